The number of benzene rings is 2. The van der Waals surface area contributed by atoms with Crippen molar-refractivity contribution in [1.82, 2.24) is 10.6 Å². The summed E-state index contributed by atoms with van der Waals surface area (Å²) >= 11 is 0. The maximum absolute atomic E-state index is 12.6. The van der Waals surface area contributed by atoms with Crippen molar-refractivity contribution in [2.45, 2.75) is 25.3 Å². The molecule has 0 radical (unpaired) electrons. The summed E-state index contributed by atoms with van der Waals surface area (Å²) in [5.41, 5.74) is 2.08. The number of rotatable bonds is 11. The molecule has 0 aliphatic heterocycles. The summed E-state index contributed by atoms with van der Waals surface area (Å²) in [4.78, 5) is 37.1. The Morgan fingerprint density at radius 3 is 2.12 bits per heavy atom. The Balaban J connectivity index is 1.62. The average molecular weight is 440 g/mol. The molecule has 0 spiro atoms. The molecule has 2 amide bonds. The molecule has 2 aromatic carbocycles. The zero-order valence-corrected chi connectivity index (χ0v) is 17.8. The summed E-state index contributed by atoms with van der Waals surface area (Å²) in [6, 6.07) is 12.6. The largest absolute Gasteiger partial charge is 0.491 e. The molecular weight excluding hydrogens is 412 g/mol. The molecule has 8 heteroatoms. The Kier molecular flexibility index (Phi) is 8.35. The minimum Gasteiger partial charge on any atom is -0.491 e. The Morgan fingerprint density at radius 1 is 0.969 bits per heavy atom. The summed E-state index contributed by atoms with van der Waals surface area (Å²) in [6.07, 6.45) is 3.21. The van der Waals surface area contributed by atoms with Gasteiger partial charge in [0.25, 0.3) is 5.91 Å². The molecule has 4 N–H and O–H groups in total. The Hall–Kier alpha value is -3.23. The summed E-state index contributed by atoms with van der Waals surface area (Å²) in [7, 11) is 0. The molecule has 0 heterocycles. The lowest BCUT2D eigenvalue weighted by Crippen LogP contribution is -2.53. The molecule has 0 bridgehead atoms. The van der Waals surface area contributed by atoms with E-state index in [-0.39, 0.29) is 13.2 Å². The van der Waals surface area contributed by atoms with Gasteiger partial charge >= 0.3 is 0 Å². The third kappa shape index (κ3) is 6.15. The van der Waals surface area contributed by atoms with Gasteiger partial charge in [-0.15, -0.1) is 0 Å². The number of ketones is 1. The van der Waals surface area contributed by atoms with Gasteiger partial charge in [0.1, 0.15) is 19.0 Å². The van der Waals surface area contributed by atoms with Crippen LogP contribution in [-0.2, 0) is 9.59 Å². The van der Waals surface area contributed by atoms with Crippen molar-refractivity contribution in [2.75, 3.05) is 26.4 Å². The van der Waals surface area contributed by atoms with Crippen molar-refractivity contribution < 1.29 is 29.3 Å². The van der Waals surface area contributed by atoms with Gasteiger partial charge in [-0.05, 0) is 54.2 Å². The molecule has 3 rings (SSSR count). The Bertz CT molecular complexity index is 923. The number of hydrogen-bond donors (Lipinski definition) is 4. The van der Waals surface area contributed by atoms with E-state index < -0.39 is 30.2 Å². The lowest BCUT2D eigenvalue weighted by atomic mass is 9.85. The van der Waals surface area contributed by atoms with Crippen LogP contribution in [0.5, 0.6) is 5.75 Å². The first kappa shape index (κ1) is 23.4. The fourth-order valence-corrected chi connectivity index (χ4v) is 3.36. The van der Waals surface area contributed by atoms with Gasteiger partial charge in [0.05, 0.1) is 6.61 Å². The van der Waals surface area contributed by atoms with E-state index >= 15 is 0 Å². The zero-order valence-electron chi connectivity index (χ0n) is 17.8. The number of aliphatic hydroxyl groups excluding tert-OH is 2. The van der Waals surface area contributed by atoms with Crippen LogP contribution >= 0.6 is 0 Å². The second-order valence-corrected chi connectivity index (χ2v) is 7.75. The number of aliphatic hydroxyl groups is 2. The van der Waals surface area contributed by atoms with Crippen LogP contribution < -0.4 is 15.4 Å². The van der Waals surface area contributed by atoms with Gasteiger partial charge in [-0.1, -0.05) is 30.7 Å². The van der Waals surface area contributed by atoms with E-state index in [9.17, 15) is 19.5 Å². The Morgan fingerprint density at radius 2 is 1.59 bits per heavy atom. The van der Waals surface area contributed by atoms with Crippen LogP contribution in [0, 0.1) is 5.92 Å². The van der Waals surface area contributed by atoms with Crippen LogP contribution in [0.2, 0.25) is 0 Å². The molecule has 2 aromatic rings. The number of carbonyl (C=O) groups is 3. The fourth-order valence-electron chi connectivity index (χ4n) is 3.36. The van der Waals surface area contributed by atoms with E-state index in [1.165, 1.54) is 0 Å². The lowest BCUT2D eigenvalue weighted by Gasteiger charge is -2.26. The van der Waals surface area contributed by atoms with Gasteiger partial charge in [0, 0.05) is 12.1 Å². The smallest absolute Gasteiger partial charge is 0.252 e. The Labute approximate surface area is 186 Å². The highest BCUT2D eigenvalue weighted by Crippen LogP contribution is 2.25. The minimum absolute atomic E-state index is 0.0573. The molecule has 1 aliphatic rings. The maximum Gasteiger partial charge on any atom is 0.252 e. The summed E-state index contributed by atoms with van der Waals surface area (Å²) in [5, 5.41) is 23.1. The first-order valence-electron chi connectivity index (χ1n) is 10.7. The van der Waals surface area contributed by atoms with Gasteiger partial charge < -0.3 is 25.6 Å². The van der Waals surface area contributed by atoms with Crippen LogP contribution in [0.25, 0.3) is 11.1 Å². The van der Waals surface area contributed by atoms with Crippen molar-refractivity contribution in [3.63, 3.8) is 0 Å². The number of carbonyl (C=O) groups excluding carboxylic acids is 3. The number of amides is 2. The van der Waals surface area contributed by atoms with Crippen LogP contribution in [0.15, 0.2) is 48.5 Å². The lowest BCUT2D eigenvalue weighted by molar-refractivity contribution is -0.132. The van der Waals surface area contributed by atoms with Gasteiger partial charge in [-0.3, -0.25) is 14.4 Å². The first-order valence-corrected chi connectivity index (χ1v) is 10.7. The molecule has 1 saturated carbocycles. The number of ether oxygens (including phenoxy) is 1. The molecule has 1 fully saturated rings. The van der Waals surface area contributed by atoms with Gasteiger partial charge in [-0.2, -0.15) is 0 Å². The van der Waals surface area contributed by atoms with Gasteiger partial charge in [-0.25, -0.2) is 0 Å². The number of Topliss-reactive ketones (excluding diaryl/α,β-unsaturated/α-hetero) is 1. The quantitative estimate of drug-likeness (QED) is 0.391. The molecule has 0 aromatic heterocycles. The van der Waals surface area contributed by atoms with Crippen molar-refractivity contribution in [2.24, 2.45) is 5.92 Å². The second kappa shape index (κ2) is 11.4. The average Bonchev–Trinajstić information content (AvgIpc) is 2.80. The molecule has 170 valence electrons. The highest BCUT2D eigenvalue weighted by molar-refractivity contribution is 6.10. The van der Waals surface area contributed by atoms with Gasteiger partial charge in [0.15, 0.2) is 11.8 Å². The van der Waals surface area contributed by atoms with Crippen molar-refractivity contribution in [1.29, 1.82) is 0 Å². The minimum atomic E-state index is -1.43. The van der Waals surface area contributed by atoms with Crippen LogP contribution in [0.1, 0.15) is 29.6 Å². The highest BCUT2D eigenvalue weighted by Gasteiger charge is 2.29. The molecule has 1 aliphatic carbocycles. The third-order valence-corrected chi connectivity index (χ3v) is 5.50. The maximum atomic E-state index is 12.6. The molecular formula is C24H28N2O6. The van der Waals surface area contributed by atoms with E-state index in [4.69, 9.17) is 9.84 Å². The summed E-state index contributed by atoms with van der Waals surface area (Å²) < 4.78 is 5.34. The molecule has 1 unspecified atom stereocenters. The molecule has 0 saturated heterocycles. The van der Waals surface area contributed by atoms with E-state index in [1.54, 1.807) is 36.4 Å². The van der Waals surface area contributed by atoms with Crippen LogP contribution in [0.4, 0.5) is 0 Å². The van der Waals surface area contributed by atoms with E-state index in [0.717, 1.165) is 30.4 Å². The van der Waals surface area contributed by atoms with E-state index in [0.29, 0.717) is 23.8 Å². The fraction of sp³-hybridized carbons (Fsp3) is 0.375. The zero-order chi connectivity index (χ0) is 22.9. The monoisotopic (exact) mass is 440 g/mol. The highest BCUT2D eigenvalue weighted by atomic mass is 16.5. The molecule has 8 nitrogen and oxygen atoms in total. The first-order chi connectivity index (χ1) is 15.5. The normalized spacial score (nSPS) is 14.2. The standard InChI is InChI=1S/C24H28N2O6/c27-12-13-32-20-10-8-18(9-11-20)17-4-6-19(7-5-17)23(30)26-22(21(29)15-28)24(31)25-14-16-2-1-3-16/h4-11,16,22,27-28H,1-3,12-15H2,(H,25,31)(H,26,30). The van der Waals surface area contributed by atoms with Crippen LogP contribution in [-0.4, -0.2) is 60.2 Å². The molecule has 1 atom stereocenters. The second-order valence-electron chi connectivity index (χ2n) is 7.75. The van der Waals surface area contributed by atoms with Crippen molar-refractivity contribution in [3.05, 3.63) is 54.1 Å². The summed E-state index contributed by atoms with van der Waals surface area (Å²) in [5.74, 6) is -0.889. The number of nitrogens with one attached hydrogen (secondary N) is 2. The predicted molar refractivity (Wildman–Crippen MR) is 118 cm³/mol. The SMILES string of the molecule is O=C(NC(C(=O)CO)C(=O)NCC1CCC1)c1ccc(-c2ccc(OCCO)cc2)cc1. The van der Waals surface area contributed by atoms with Gasteiger partial charge in [0.2, 0.25) is 5.91 Å². The number of hydrogen-bond acceptors (Lipinski definition) is 6. The third-order valence-electron chi connectivity index (χ3n) is 5.50. The van der Waals surface area contributed by atoms with E-state index in [1.807, 2.05) is 12.1 Å². The van der Waals surface area contributed by atoms with E-state index in [2.05, 4.69) is 10.6 Å². The van der Waals surface area contributed by atoms with Crippen molar-refractivity contribution >= 4 is 17.6 Å². The summed E-state index contributed by atoms with van der Waals surface area (Å²) in [6.45, 7) is -0.207. The topological polar surface area (TPSA) is 125 Å². The predicted octanol–water partition coefficient (Wildman–Crippen LogP) is 1.30. The van der Waals surface area contributed by atoms with Crippen LogP contribution in [0.3, 0.4) is 0 Å². The molecule has 32 heavy (non-hydrogen) atoms. The van der Waals surface area contributed by atoms with Crippen molar-refractivity contribution in [3.8, 4) is 16.9 Å².